The summed E-state index contributed by atoms with van der Waals surface area (Å²) in [4.78, 5) is 23.9. The molecule has 0 saturated heterocycles. The Kier molecular flexibility index (Phi) is 6.02. The Morgan fingerprint density at radius 3 is 2.35 bits per heavy atom. The van der Waals surface area contributed by atoms with Gasteiger partial charge < -0.3 is 10.6 Å². The van der Waals surface area contributed by atoms with Crippen molar-refractivity contribution in [3.63, 3.8) is 0 Å². The van der Waals surface area contributed by atoms with Crippen LogP contribution in [0.3, 0.4) is 0 Å². The van der Waals surface area contributed by atoms with Gasteiger partial charge in [0.25, 0.3) is 5.91 Å². The first kappa shape index (κ1) is 17.3. The number of halogens is 2. The molecule has 0 bridgehead atoms. The molecule has 0 aliphatic carbocycles. The van der Waals surface area contributed by atoms with Crippen LogP contribution in [0.25, 0.3) is 0 Å². The maximum absolute atomic E-state index is 12.0. The minimum absolute atomic E-state index is 0.123. The summed E-state index contributed by atoms with van der Waals surface area (Å²) in [6.45, 7) is 1.74. The van der Waals surface area contributed by atoms with Crippen LogP contribution in [-0.4, -0.2) is 18.4 Å². The van der Waals surface area contributed by atoms with E-state index in [4.69, 9.17) is 23.2 Å². The van der Waals surface area contributed by atoms with Crippen molar-refractivity contribution >= 4 is 35.0 Å². The molecule has 0 aromatic heterocycles. The summed E-state index contributed by atoms with van der Waals surface area (Å²) in [5.41, 5.74) is 1.27. The average Bonchev–Trinajstić information content (AvgIpc) is 2.53. The summed E-state index contributed by atoms with van der Waals surface area (Å²) in [6, 6.07) is 13.7. The van der Waals surface area contributed by atoms with Gasteiger partial charge in [0.2, 0.25) is 5.91 Å². The average molecular weight is 351 g/mol. The fraction of sp³-hybridized carbons (Fsp3) is 0.176. The van der Waals surface area contributed by atoms with E-state index in [0.29, 0.717) is 15.6 Å². The number of carbonyl (C=O) groups is 2. The Labute approximate surface area is 144 Å². The number of carbonyl (C=O) groups excluding carboxylic acids is 2. The monoisotopic (exact) mass is 350 g/mol. The molecule has 2 aromatic rings. The Balaban J connectivity index is 1.86. The van der Waals surface area contributed by atoms with E-state index in [2.05, 4.69) is 10.6 Å². The first-order valence-corrected chi connectivity index (χ1v) is 7.80. The molecule has 0 aliphatic rings. The van der Waals surface area contributed by atoms with Crippen molar-refractivity contribution in [2.45, 2.75) is 13.0 Å². The Morgan fingerprint density at radius 2 is 1.70 bits per heavy atom. The molecule has 0 fully saturated rings. The van der Waals surface area contributed by atoms with Crippen LogP contribution in [0.1, 0.15) is 28.9 Å². The van der Waals surface area contributed by atoms with Crippen LogP contribution in [0, 0.1) is 0 Å². The van der Waals surface area contributed by atoms with E-state index in [0.717, 1.165) is 5.56 Å². The van der Waals surface area contributed by atoms with Gasteiger partial charge in [-0.1, -0.05) is 47.5 Å². The third-order valence-corrected chi connectivity index (χ3v) is 3.86. The smallest absolute Gasteiger partial charge is 0.253 e. The highest BCUT2D eigenvalue weighted by Gasteiger charge is 2.13. The van der Waals surface area contributed by atoms with Gasteiger partial charge in [-0.05, 0) is 36.8 Å². The third kappa shape index (κ3) is 4.98. The van der Waals surface area contributed by atoms with E-state index < -0.39 is 0 Å². The predicted molar refractivity (Wildman–Crippen MR) is 91.8 cm³/mol. The summed E-state index contributed by atoms with van der Waals surface area (Å²) in [5, 5.41) is 6.34. The van der Waals surface area contributed by atoms with Gasteiger partial charge in [0.15, 0.2) is 0 Å². The van der Waals surface area contributed by atoms with Gasteiger partial charge in [-0.15, -0.1) is 0 Å². The number of hydrogen-bond donors (Lipinski definition) is 2. The van der Waals surface area contributed by atoms with Crippen LogP contribution in [-0.2, 0) is 4.79 Å². The van der Waals surface area contributed by atoms with Gasteiger partial charge in [-0.25, -0.2) is 0 Å². The van der Waals surface area contributed by atoms with Crippen LogP contribution >= 0.6 is 23.2 Å². The maximum Gasteiger partial charge on any atom is 0.253 e. The maximum atomic E-state index is 12.0. The van der Waals surface area contributed by atoms with Crippen LogP contribution in [0.5, 0.6) is 0 Å². The van der Waals surface area contributed by atoms with E-state index in [1.165, 1.54) is 0 Å². The lowest BCUT2D eigenvalue weighted by molar-refractivity contribution is -0.120. The van der Waals surface area contributed by atoms with Crippen molar-refractivity contribution in [3.05, 3.63) is 69.7 Å². The lowest BCUT2D eigenvalue weighted by Crippen LogP contribution is -2.38. The van der Waals surface area contributed by atoms with Gasteiger partial charge >= 0.3 is 0 Å². The minimum atomic E-state index is -0.384. The zero-order valence-electron chi connectivity index (χ0n) is 12.5. The zero-order chi connectivity index (χ0) is 16.8. The lowest BCUT2D eigenvalue weighted by Gasteiger charge is -2.15. The Bertz CT molecular complexity index is 702. The van der Waals surface area contributed by atoms with Crippen LogP contribution in [0.4, 0.5) is 0 Å². The molecular weight excluding hydrogens is 335 g/mol. The van der Waals surface area contributed by atoms with E-state index in [-0.39, 0.29) is 24.4 Å². The number of hydrogen-bond acceptors (Lipinski definition) is 2. The highest BCUT2D eigenvalue weighted by molar-refractivity contribution is 6.33. The fourth-order valence-electron chi connectivity index (χ4n) is 2.03. The molecule has 2 rings (SSSR count). The van der Waals surface area contributed by atoms with E-state index in [9.17, 15) is 9.59 Å². The molecule has 0 aliphatic heterocycles. The summed E-state index contributed by atoms with van der Waals surface area (Å²) in [7, 11) is 0. The molecule has 1 unspecified atom stereocenters. The number of rotatable bonds is 5. The molecule has 2 amide bonds. The molecule has 6 heteroatoms. The zero-order valence-corrected chi connectivity index (χ0v) is 14.0. The van der Waals surface area contributed by atoms with Crippen molar-refractivity contribution < 1.29 is 9.59 Å². The van der Waals surface area contributed by atoms with E-state index in [1.54, 1.807) is 36.4 Å². The second kappa shape index (κ2) is 7.99. The molecular formula is C17H16Cl2N2O2. The molecule has 2 aromatic carbocycles. The van der Waals surface area contributed by atoms with E-state index in [1.807, 2.05) is 19.1 Å². The molecule has 0 radical (unpaired) electrons. The topological polar surface area (TPSA) is 58.2 Å². The van der Waals surface area contributed by atoms with Crippen molar-refractivity contribution in [1.82, 2.24) is 10.6 Å². The molecule has 23 heavy (non-hydrogen) atoms. The summed E-state index contributed by atoms with van der Waals surface area (Å²) in [5.74, 6) is -0.669. The van der Waals surface area contributed by atoms with Crippen LogP contribution in [0.15, 0.2) is 48.5 Å². The second-order valence-corrected chi connectivity index (χ2v) is 5.85. The van der Waals surface area contributed by atoms with Crippen LogP contribution in [0.2, 0.25) is 10.0 Å². The van der Waals surface area contributed by atoms with Gasteiger partial charge in [0, 0.05) is 5.02 Å². The lowest BCUT2D eigenvalue weighted by atomic mass is 10.1. The fourth-order valence-corrected chi connectivity index (χ4v) is 2.38. The normalized spacial score (nSPS) is 11.6. The molecule has 1 atom stereocenters. The van der Waals surface area contributed by atoms with E-state index >= 15 is 0 Å². The summed E-state index contributed by atoms with van der Waals surface area (Å²) in [6.07, 6.45) is 0. The number of amides is 2. The highest BCUT2D eigenvalue weighted by Crippen LogP contribution is 2.16. The van der Waals surface area contributed by atoms with Gasteiger partial charge in [0.1, 0.15) is 0 Å². The molecule has 0 spiro atoms. The third-order valence-electron chi connectivity index (χ3n) is 3.28. The van der Waals surface area contributed by atoms with Gasteiger partial charge in [-0.2, -0.15) is 0 Å². The highest BCUT2D eigenvalue weighted by atomic mass is 35.5. The minimum Gasteiger partial charge on any atom is -0.348 e. The second-order valence-electron chi connectivity index (χ2n) is 5.00. The molecule has 120 valence electrons. The summed E-state index contributed by atoms with van der Waals surface area (Å²) < 4.78 is 0. The quantitative estimate of drug-likeness (QED) is 0.865. The number of nitrogens with one attached hydrogen (secondary N) is 2. The van der Waals surface area contributed by atoms with Crippen molar-refractivity contribution in [2.75, 3.05) is 6.54 Å². The first-order chi connectivity index (χ1) is 11.0. The molecule has 0 saturated carbocycles. The standard InChI is InChI=1S/C17H16Cl2N2O2/c1-11(12-6-8-13(18)9-7-12)21-16(22)10-20-17(23)14-4-2-3-5-15(14)19/h2-9,11H,10H2,1H3,(H,20,23)(H,21,22). The number of benzene rings is 2. The summed E-state index contributed by atoms with van der Waals surface area (Å²) >= 11 is 11.8. The molecule has 0 heterocycles. The molecule has 4 nitrogen and oxygen atoms in total. The van der Waals surface area contributed by atoms with Crippen molar-refractivity contribution in [3.8, 4) is 0 Å². The van der Waals surface area contributed by atoms with Crippen molar-refractivity contribution in [1.29, 1.82) is 0 Å². The Hall–Kier alpha value is -2.04. The Morgan fingerprint density at radius 1 is 1.04 bits per heavy atom. The van der Waals surface area contributed by atoms with Crippen molar-refractivity contribution in [2.24, 2.45) is 0 Å². The molecule has 2 N–H and O–H groups in total. The first-order valence-electron chi connectivity index (χ1n) is 7.05. The SMILES string of the molecule is CC(NC(=O)CNC(=O)c1ccccc1Cl)c1ccc(Cl)cc1. The van der Waals surface area contributed by atoms with Gasteiger partial charge in [0.05, 0.1) is 23.2 Å². The largest absolute Gasteiger partial charge is 0.348 e. The van der Waals surface area contributed by atoms with Gasteiger partial charge in [-0.3, -0.25) is 9.59 Å². The van der Waals surface area contributed by atoms with Crippen LogP contribution < -0.4 is 10.6 Å². The predicted octanol–water partition coefficient (Wildman–Crippen LogP) is 3.60.